The molecule has 0 saturated carbocycles. The Morgan fingerprint density at radius 1 is 0.966 bits per heavy atom. The van der Waals surface area contributed by atoms with Crippen LogP contribution in [0.4, 0.5) is 0 Å². The second-order valence-corrected chi connectivity index (χ2v) is 9.52. The summed E-state index contributed by atoms with van der Waals surface area (Å²) in [6.45, 7) is 0.973. The fraction of sp³-hybridized carbons (Fsp3) is 0.238. The first-order valence-corrected chi connectivity index (χ1v) is 11.3. The standard InChI is InChI=1S/C21H21BrN2O4S/c1-27-19-10-9-17(14-20(19)28-2)29(25,26)24-13-12-23-11-3-4-18(23)21(24)15-5-7-16(22)8-6-15/h3-11,14,21H,12-13H2,1-2H3. The van der Waals surface area contributed by atoms with E-state index in [1.807, 2.05) is 42.6 Å². The molecular formula is C21H21BrN2O4S. The predicted octanol–water partition coefficient (Wildman–Crippen LogP) is 4.06. The van der Waals surface area contributed by atoms with E-state index in [4.69, 9.17) is 9.47 Å². The maximum Gasteiger partial charge on any atom is 0.244 e. The highest BCUT2D eigenvalue weighted by Crippen LogP contribution is 2.38. The van der Waals surface area contributed by atoms with Crippen LogP contribution < -0.4 is 9.47 Å². The number of ether oxygens (including phenoxy) is 2. The highest BCUT2D eigenvalue weighted by Gasteiger charge is 2.37. The average Bonchev–Trinajstić information content (AvgIpc) is 3.22. The number of halogens is 1. The number of nitrogens with zero attached hydrogens (tertiary/aromatic N) is 2. The second kappa shape index (κ2) is 7.85. The number of sulfonamides is 1. The molecule has 1 unspecified atom stereocenters. The first kappa shape index (κ1) is 20.0. The highest BCUT2D eigenvalue weighted by molar-refractivity contribution is 9.10. The number of benzene rings is 2. The fourth-order valence-electron chi connectivity index (χ4n) is 3.72. The molecule has 1 atom stereocenters. The molecule has 0 aliphatic carbocycles. The Balaban J connectivity index is 1.82. The van der Waals surface area contributed by atoms with Crippen LogP contribution in [0.25, 0.3) is 0 Å². The van der Waals surface area contributed by atoms with Crippen molar-refractivity contribution in [2.45, 2.75) is 17.5 Å². The minimum absolute atomic E-state index is 0.178. The van der Waals surface area contributed by atoms with E-state index in [1.54, 1.807) is 16.4 Å². The molecule has 2 aromatic carbocycles. The Morgan fingerprint density at radius 3 is 2.38 bits per heavy atom. The molecule has 6 nitrogen and oxygen atoms in total. The third-order valence-electron chi connectivity index (χ3n) is 5.14. The van der Waals surface area contributed by atoms with Crippen molar-refractivity contribution in [1.82, 2.24) is 8.87 Å². The summed E-state index contributed by atoms with van der Waals surface area (Å²) in [5, 5.41) is 0. The lowest BCUT2D eigenvalue weighted by atomic mass is 10.0. The van der Waals surface area contributed by atoms with Gasteiger partial charge in [-0.3, -0.25) is 0 Å². The average molecular weight is 477 g/mol. The summed E-state index contributed by atoms with van der Waals surface area (Å²) in [5.74, 6) is 0.873. The Morgan fingerprint density at radius 2 is 1.69 bits per heavy atom. The molecule has 0 amide bonds. The molecule has 0 fully saturated rings. The predicted molar refractivity (Wildman–Crippen MR) is 114 cm³/mol. The molecular weight excluding hydrogens is 456 g/mol. The molecule has 8 heteroatoms. The lowest BCUT2D eigenvalue weighted by Crippen LogP contribution is -2.42. The van der Waals surface area contributed by atoms with Crippen molar-refractivity contribution in [3.8, 4) is 11.5 Å². The van der Waals surface area contributed by atoms with Gasteiger partial charge in [-0.25, -0.2) is 8.42 Å². The van der Waals surface area contributed by atoms with Gasteiger partial charge in [0.2, 0.25) is 10.0 Å². The van der Waals surface area contributed by atoms with Gasteiger partial charge in [0, 0.05) is 35.5 Å². The molecule has 0 bridgehead atoms. The Hall–Kier alpha value is -2.29. The van der Waals surface area contributed by atoms with Gasteiger partial charge >= 0.3 is 0 Å². The first-order chi connectivity index (χ1) is 14.0. The highest BCUT2D eigenvalue weighted by atomic mass is 79.9. The van der Waals surface area contributed by atoms with Gasteiger partial charge in [-0.15, -0.1) is 0 Å². The van der Waals surface area contributed by atoms with Crippen LogP contribution in [-0.4, -0.2) is 38.1 Å². The van der Waals surface area contributed by atoms with Crippen LogP contribution in [0.15, 0.2) is 70.2 Å². The molecule has 29 heavy (non-hydrogen) atoms. The third-order valence-corrected chi connectivity index (χ3v) is 7.53. The summed E-state index contributed by atoms with van der Waals surface area (Å²) in [4.78, 5) is 0.178. The van der Waals surface area contributed by atoms with E-state index in [0.29, 0.717) is 24.6 Å². The molecule has 0 N–H and O–H groups in total. The lowest BCUT2D eigenvalue weighted by Gasteiger charge is -2.36. The van der Waals surface area contributed by atoms with E-state index >= 15 is 0 Å². The Bertz CT molecular complexity index is 1130. The normalized spacial score (nSPS) is 17.0. The zero-order valence-corrected chi connectivity index (χ0v) is 18.5. The van der Waals surface area contributed by atoms with Crippen LogP contribution >= 0.6 is 15.9 Å². The minimum atomic E-state index is -3.77. The fourth-order valence-corrected chi connectivity index (χ4v) is 5.58. The van der Waals surface area contributed by atoms with Crippen molar-refractivity contribution in [1.29, 1.82) is 0 Å². The Labute approximate surface area is 178 Å². The van der Waals surface area contributed by atoms with E-state index in [1.165, 1.54) is 20.3 Å². The van der Waals surface area contributed by atoms with Crippen LogP contribution in [0.1, 0.15) is 17.3 Å². The number of hydrogen-bond acceptors (Lipinski definition) is 4. The minimum Gasteiger partial charge on any atom is -0.493 e. The van der Waals surface area contributed by atoms with E-state index < -0.39 is 16.1 Å². The van der Waals surface area contributed by atoms with Gasteiger partial charge in [0.1, 0.15) is 0 Å². The lowest BCUT2D eigenvalue weighted by molar-refractivity contribution is 0.298. The zero-order valence-electron chi connectivity index (χ0n) is 16.1. The molecule has 1 aliphatic rings. The van der Waals surface area contributed by atoms with Gasteiger partial charge in [0.25, 0.3) is 0 Å². The van der Waals surface area contributed by atoms with Crippen molar-refractivity contribution >= 4 is 26.0 Å². The van der Waals surface area contributed by atoms with Crippen molar-refractivity contribution < 1.29 is 17.9 Å². The van der Waals surface area contributed by atoms with Crippen LogP contribution in [0.5, 0.6) is 11.5 Å². The molecule has 1 aliphatic heterocycles. The summed E-state index contributed by atoms with van der Waals surface area (Å²) in [6, 6.07) is 16.0. The van der Waals surface area contributed by atoms with Crippen LogP contribution in [-0.2, 0) is 16.6 Å². The van der Waals surface area contributed by atoms with Gasteiger partial charge < -0.3 is 14.0 Å². The number of hydrogen-bond donors (Lipinski definition) is 0. The van der Waals surface area contributed by atoms with E-state index in [-0.39, 0.29) is 4.90 Å². The van der Waals surface area contributed by atoms with E-state index in [2.05, 4.69) is 20.5 Å². The molecule has 0 saturated heterocycles. The maximum absolute atomic E-state index is 13.6. The number of fused-ring (bicyclic) bond motifs is 1. The Kier molecular flexibility index (Phi) is 5.42. The van der Waals surface area contributed by atoms with Crippen molar-refractivity contribution in [2.24, 2.45) is 0 Å². The maximum atomic E-state index is 13.6. The number of methoxy groups -OCH3 is 2. The van der Waals surface area contributed by atoms with Gasteiger partial charge in [-0.05, 0) is 42.0 Å². The smallest absolute Gasteiger partial charge is 0.244 e. The summed E-state index contributed by atoms with van der Waals surface area (Å²) >= 11 is 3.45. The van der Waals surface area contributed by atoms with E-state index in [9.17, 15) is 8.42 Å². The van der Waals surface area contributed by atoms with Crippen molar-refractivity contribution in [3.05, 3.63) is 76.5 Å². The summed E-state index contributed by atoms with van der Waals surface area (Å²) in [6.07, 6.45) is 1.99. The quantitative estimate of drug-likeness (QED) is 0.556. The molecule has 2 heterocycles. The van der Waals surface area contributed by atoms with Crippen molar-refractivity contribution in [3.63, 3.8) is 0 Å². The number of aromatic nitrogens is 1. The van der Waals surface area contributed by atoms with Crippen molar-refractivity contribution in [2.75, 3.05) is 20.8 Å². The van der Waals surface area contributed by atoms with Crippen LogP contribution in [0.3, 0.4) is 0 Å². The molecule has 3 aromatic rings. The number of rotatable bonds is 5. The van der Waals surface area contributed by atoms with Gasteiger partial charge in [0.05, 0.1) is 25.2 Å². The van der Waals surface area contributed by atoms with Gasteiger partial charge in [0.15, 0.2) is 11.5 Å². The summed E-state index contributed by atoms with van der Waals surface area (Å²) in [7, 11) is -0.760. The topological polar surface area (TPSA) is 60.8 Å². The summed E-state index contributed by atoms with van der Waals surface area (Å²) < 4.78 is 42.5. The molecule has 152 valence electrons. The molecule has 0 radical (unpaired) electrons. The zero-order chi connectivity index (χ0) is 20.6. The first-order valence-electron chi connectivity index (χ1n) is 9.10. The molecule has 4 rings (SSSR count). The summed E-state index contributed by atoms with van der Waals surface area (Å²) in [5.41, 5.74) is 1.86. The SMILES string of the molecule is COc1ccc(S(=O)(=O)N2CCn3cccc3C2c2ccc(Br)cc2)cc1OC. The molecule has 0 spiro atoms. The second-order valence-electron chi connectivity index (χ2n) is 6.71. The van der Waals surface area contributed by atoms with Crippen LogP contribution in [0, 0.1) is 0 Å². The third kappa shape index (κ3) is 3.56. The molecule has 1 aromatic heterocycles. The van der Waals surface area contributed by atoms with E-state index in [0.717, 1.165) is 15.7 Å². The van der Waals surface area contributed by atoms with Gasteiger partial charge in [-0.1, -0.05) is 28.1 Å². The van der Waals surface area contributed by atoms with Crippen LogP contribution in [0.2, 0.25) is 0 Å². The monoisotopic (exact) mass is 476 g/mol. The van der Waals surface area contributed by atoms with Gasteiger partial charge in [-0.2, -0.15) is 4.31 Å². The largest absolute Gasteiger partial charge is 0.493 e.